The second-order valence-electron chi connectivity index (χ2n) is 7.51. The van der Waals surface area contributed by atoms with E-state index >= 15 is 0 Å². The number of nitrogens with one attached hydrogen (secondary N) is 2. The molecule has 0 aromatic heterocycles. The number of benzene rings is 2. The Bertz CT molecular complexity index is 940. The van der Waals surface area contributed by atoms with Crippen LogP contribution in [0.1, 0.15) is 41.3 Å². The third kappa shape index (κ3) is 5.95. The lowest BCUT2D eigenvalue weighted by molar-refractivity contribution is -0.137. The van der Waals surface area contributed by atoms with Gasteiger partial charge in [-0.3, -0.25) is 10.1 Å². The summed E-state index contributed by atoms with van der Waals surface area (Å²) in [4.78, 5) is 14.4. The smallest absolute Gasteiger partial charge is 0.378 e. The van der Waals surface area contributed by atoms with E-state index in [-0.39, 0.29) is 10.8 Å². The van der Waals surface area contributed by atoms with Crippen molar-refractivity contribution in [3.63, 3.8) is 0 Å². The van der Waals surface area contributed by atoms with Crippen molar-refractivity contribution in [2.75, 3.05) is 36.5 Å². The van der Waals surface area contributed by atoms with Gasteiger partial charge in [0.2, 0.25) is 0 Å². The van der Waals surface area contributed by atoms with Crippen LogP contribution in [-0.2, 0) is 10.9 Å². The summed E-state index contributed by atoms with van der Waals surface area (Å²) < 4.78 is 45.0. The van der Waals surface area contributed by atoms with Gasteiger partial charge in [-0.2, -0.15) is 13.2 Å². The molecule has 2 aromatic rings. The fraction of sp³-hybridized carbons (Fsp3) is 0.364. The van der Waals surface area contributed by atoms with Crippen LogP contribution in [0.4, 0.5) is 24.5 Å². The molecule has 9 heteroatoms. The minimum Gasteiger partial charge on any atom is -0.378 e. The summed E-state index contributed by atoms with van der Waals surface area (Å²) in [6, 6.07) is 10.5. The number of nitrogens with zero attached hydrogens (tertiary/aromatic N) is 1. The van der Waals surface area contributed by atoms with Gasteiger partial charge >= 0.3 is 6.18 Å². The SMILES string of the molecule is CC(C)c1ccc(C(=O)NC(=S)Nc2cc(C(F)(F)F)ccc2N2CCOCC2)cc1. The zero-order chi connectivity index (χ0) is 22.6. The van der Waals surface area contributed by atoms with Gasteiger partial charge in [-0.25, -0.2) is 0 Å². The molecule has 3 rings (SSSR count). The fourth-order valence-corrected chi connectivity index (χ4v) is 3.44. The van der Waals surface area contributed by atoms with Crippen molar-refractivity contribution in [3.8, 4) is 0 Å². The molecular formula is C22H24F3N3O2S. The molecule has 0 unspecified atom stereocenters. The van der Waals surface area contributed by atoms with Crippen LogP contribution in [0.25, 0.3) is 0 Å². The topological polar surface area (TPSA) is 53.6 Å². The highest BCUT2D eigenvalue weighted by atomic mass is 32.1. The number of carbonyl (C=O) groups excluding carboxylic acids is 1. The van der Waals surface area contributed by atoms with Crippen LogP contribution in [-0.4, -0.2) is 37.3 Å². The van der Waals surface area contributed by atoms with Gasteiger partial charge in [-0.1, -0.05) is 26.0 Å². The summed E-state index contributed by atoms with van der Waals surface area (Å²) in [6.07, 6.45) is -4.50. The van der Waals surface area contributed by atoms with Gasteiger partial charge in [0.1, 0.15) is 0 Å². The molecule has 2 aromatic carbocycles. The van der Waals surface area contributed by atoms with Crippen LogP contribution in [0, 0.1) is 0 Å². The number of hydrogen-bond acceptors (Lipinski definition) is 4. The lowest BCUT2D eigenvalue weighted by Gasteiger charge is -2.31. The highest BCUT2D eigenvalue weighted by molar-refractivity contribution is 7.80. The van der Waals surface area contributed by atoms with Gasteiger partial charge in [0.25, 0.3) is 5.91 Å². The maximum atomic E-state index is 13.2. The molecular weight excluding hydrogens is 427 g/mol. The maximum absolute atomic E-state index is 13.2. The number of hydrogen-bond donors (Lipinski definition) is 2. The number of amides is 1. The number of thiocarbonyl (C=S) groups is 1. The second-order valence-corrected chi connectivity index (χ2v) is 7.92. The van der Waals surface area contributed by atoms with Gasteiger partial charge in [-0.15, -0.1) is 0 Å². The Hall–Kier alpha value is -2.65. The van der Waals surface area contributed by atoms with E-state index in [9.17, 15) is 18.0 Å². The molecule has 31 heavy (non-hydrogen) atoms. The molecule has 0 aliphatic carbocycles. The number of morpholine rings is 1. The number of carbonyl (C=O) groups is 1. The number of alkyl halides is 3. The van der Waals surface area contributed by atoms with Gasteiger partial charge < -0.3 is 15.0 Å². The third-order valence-corrected chi connectivity index (χ3v) is 5.19. The summed E-state index contributed by atoms with van der Waals surface area (Å²) in [5, 5.41) is 5.23. The van der Waals surface area contributed by atoms with Gasteiger partial charge in [0, 0.05) is 18.7 Å². The van der Waals surface area contributed by atoms with Crippen LogP contribution >= 0.6 is 12.2 Å². The minimum atomic E-state index is -4.50. The van der Waals surface area contributed by atoms with Crippen molar-refractivity contribution in [2.45, 2.75) is 25.9 Å². The van der Waals surface area contributed by atoms with E-state index in [2.05, 4.69) is 24.5 Å². The summed E-state index contributed by atoms with van der Waals surface area (Å²) in [5.74, 6) is -0.105. The van der Waals surface area contributed by atoms with Crippen LogP contribution in [0.3, 0.4) is 0 Å². The molecule has 1 fully saturated rings. The highest BCUT2D eigenvalue weighted by Gasteiger charge is 2.31. The van der Waals surface area contributed by atoms with Gasteiger partial charge in [0.15, 0.2) is 5.11 Å². The molecule has 166 valence electrons. The summed E-state index contributed by atoms with van der Waals surface area (Å²) in [7, 11) is 0. The molecule has 1 aliphatic heterocycles. The van der Waals surface area contributed by atoms with Crippen LogP contribution < -0.4 is 15.5 Å². The molecule has 5 nitrogen and oxygen atoms in total. The number of anilines is 2. The molecule has 0 bridgehead atoms. The van der Waals surface area contributed by atoms with Crippen molar-refractivity contribution in [2.24, 2.45) is 0 Å². The molecule has 0 spiro atoms. The third-order valence-electron chi connectivity index (χ3n) is 4.99. The molecule has 1 saturated heterocycles. The second kappa shape index (κ2) is 9.65. The lowest BCUT2D eigenvalue weighted by atomic mass is 10.0. The molecule has 0 saturated carbocycles. The van der Waals surface area contributed by atoms with Crippen LogP contribution in [0.15, 0.2) is 42.5 Å². The summed E-state index contributed by atoms with van der Waals surface area (Å²) >= 11 is 5.21. The van der Waals surface area contributed by atoms with E-state index in [1.165, 1.54) is 6.07 Å². The van der Waals surface area contributed by atoms with E-state index in [1.807, 2.05) is 17.0 Å². The zero-order valence-electron chi connectivity index (χ0n) is 17.3. The van der Waals surface area contributed by atoms with Crippen molar-refractivity contribution in [3.05, 3.63) is 59.2 Å². The van der Waals surface area contributed by atoms with E-state index in [1.54, 1.807) is 12.1 Å². The van der Waals surface area contributed by atoms with E-state index in [0.717, 1.165) is 17.7 Å². The largest absolute Gasteiger partial charge is 0.416 e. The molecule has 0 radical (unpaired) electrons. The average Bonchev–Trinajstić information content (AvgIpc) is 2.73. The standard InChI is InChI=1S/C22H24F3N3O2S/c1-14(2)15-3-5-16(6-4-15)20(29)27-21(31)26-18-13-17(22(23,24)25)7-8-19(18)28-9-11-30-12-10-28/h3-8,13-14H,9-12H2,1-2H3,(H2,26,27,29,31). The molecule has 1 aliphatic rings. The first-order valence-electron chi connectivity index (χ1n) is 9.91. The Morgan fingerprint density at radius 1 is 1.10 bits per heavy atom. The molecule has 2 N–H and O–H groups in total. The fourth-order valence-electron chi connectivity index (χ4n) is 3.24. The summed E-state index contributed by atoms with van der Waals surface area (Å²) in [5.41, 5.74) is 1.44. The monoisotopic (exact) mass is 451 g/mol. The van der Waals surface area contributed by atoms with Crippen molar-refractivity contribution in [1.29, 1.82) is 0 Å². The molecule has 1 heterocycles. The first kappa shape index (κ1) is 23.0. The Morgan fingerprint density at radius 2 is 1.74 bits per heavy atom. The molecule has 0 atom stereocenters. The number of rotatable bonds is 4. The van der Waals surface area contributed by atoms with Gasteiger partial charge in [0.05, 0.1) is 30.2 Å². The highest BCUT2D eigenvalue weighted by Crippen LogP contribution is 2.35. The van der Waals surface area contributed by atoms with Crippen LogP contribution in [0.2, 0.25) is 0 Å². The lowest BCUT2D eigenvalue weighted by Crippen LogP contribution is -2.38. The Balaban J connectivity index is 1.77. The van der Waals surface area contributed by atoms with E-state index < -0.39 is 17.6 Å². The maximum Gasteiger partial charge on any atom is 0.416 e. The average molecular weight is 452 g/mol. The summed E-state index contributed by atoms with van der Waals surface area (Å²) in [6.45, 7) is 6.15. The molecule has 1 amide bonds. The first-order chi connectivity index (χ1) is 14.6. The normalized spacial score (nSPS) is 14.5. The quantitative estimate of drug-likeness (QED) is 0.655. The Labute approximate surface area is 184 Å². The minimum absolute atomic E-state index is 0.0771. The first-order valence-corrected chi connectivity index (χ1v) is 10.3. The van der Waals surface area contributed by atoms with Crippen molar-refractivity contribution >= 4 is 34.6 Å². The predicted octanol–water partition coefficient (Wildman–Crippen LogP) is 4.79. The Kier molecular flexibility index (Phi) is 7.17. The number of ether oxygens (including phenoxy) is 1. The Morgan fingerprint density at radius 3 is 2.32 bits per heavy atom. The number of halogens is 3. The zero-order valence-corrected chi connectivity index (χ0v) is 18.1. The van der Waals surface area contributed by atoms with Crippen LogP contribution in [0.5, 0.6) is 0 Å². The van der Waals surface area contributed by atoms with E-state index in [4.69, 9.17) is 17.0 Å². The van der Waals surface area contributed by atoms with Crippen molar-refractivity contribution < 1.29 is 22.7 Å². The van der Waals surface area contributed by atoms with E-state index in [0.29, 0.717) is 43.5 Å². The van der Waals surface area contributed by atoms with Gasteiger partial charge in [-0.05, 0) is 54.0 Å². The van der Waals surface area contributed by atoms with Crippen molar-refractivity contribution in [1.82, 2.24) is 5.32 Å². The predicted molar refractivity (Wildman–Crippen MR) is 119 cm³/mol.